The molecule has 1 saturated heterocycles. The minimum Gasteiger partial charge on any atom is -0.316 e. The van der Waals surface area contributed by atoms with Gasteiger partial charge in [-0.25, -0.2) is 0 Å². The van der Waals surface area contributed by atoms with Gasteiger partial charge >= 0.3 is 0 Å². The van der Waals surface area contributed by atoms with E-state index in [4.69, 9.17) is 0 Å². The summed E-state index contributed by atoms with van der Waals surface area (Å²) >= 11 is 0. The first-order chi connectivity index (χ1) is 6.95. The lowest BCUT2D eigenvalue weighted by atomic mass is 9.83. The molecule has 1 nitrogen and oxygen atoms in total. The van der Waals surface area contributed by atoms with Crippen LogP contribution in [0.15, 0.2) is 0 Å². The van der Waals surface area contributed by atoms with E-state index in [2.05, 4.69) is 5.32 Å². The van der Waals surface area contributed by atoms with Crippen LogP contribution >= 0.6 is 0 Å². The molecule has 1 atom stereocenters. The van der Waals surface area contributed by atoms with Crippen LogP contribution in [0.5, 0.6) is 0 Å². The fourth-order valence-corrected chi connectivity index (χ4v) is 3.12. The molecule has 0 spiro atoms. The third-order valence-corrected chi connectivity index (χ3v) is 4.11. The first kappa shape index (κ1) is 10.5. The maximum absolute atomic E-state index is 3.52. The zero-order valence-electron chi connectivity index (χ0n) is 9.43. The third kappa shape index (κ3) is 3.27. The van der Waals surface area contributed by atoms with Gasteiger partial charge in [-0.3, -0.25) is 0 Å². The Labute approximate surface area is 88.7 Å². The van der Waals surface area contributed by atoms with Gasteiger partial charge in [-0.05, 0) is 44.2 Å². The minimum absolute atomic E-state index is 1.01. The van der Waals surface area contributed by atoms with E-state index in [1.54, 1.807) is 0 Å². The molecule has 1 N–H and O–H groups in total. The van der Waals surface area contributed by atoms with Crippen molar-refractivity contribution in [2.75, 3.05) is 13.1 Å². The van der Waals surface area contributed by atoms with Gasteiger partial charge in [0.2, 0.25) is 0 Å². The molecule has 1 aliphatic heterocycles. The first-order valence-corrected chi connectivity index (χ1v) is 6.66. The Morgan fingerprint density at radius 2 is 1.50 bits per heavy atom. The van der Waals surface area contributed by atoms with E-state index in [0.717, 1.165) is 11.8 Å². The zero-order valence-corrected chi connectivity index (χ0v) is 9.43. The highest BCUT2D eigenvalue weighted by molar-refractivity contribution is 4.72. The molecule has 0 radical (unpaired) electrons. The number of hydrogen-bond acceptors (Lipinski definition) is 1. The van der Waals surface area contributed by atoms with Crippen LogP contribution in [-0.2, 0) is 0 Å². The average molecular weight is 195 g/mol. The summed E-state index contributed by atoms with van der Waals surface area (Å²) in [7, 11) is 0. The highest BCUT2D eigenvalue weighted by Crippen LogP contribution is 2.29. The highest BCUT2D eigenvalue weighted by Gasteiger charge is 2.17. The lowest BCUT2D eigenvalue weighted by molar-refractivity contribution is 0.282. The zero-order chi connectivity index (χ0) is 9.64. The van der Waals surface area contributed by atoms with Gasteiger partial charge in [0.05, 0.1) is 0 Å². The standard InChI is InChI=1S/C13H25N/c1-2-5-12(6-3-1)8-9-13-7-4-10-14-11-13/h12-14H,1-11H2. The summed E-state index contributed by atoms with van der Waals surface area (Å²) in [4.78, 5) is 0. The van der Waals surface area contributed by atoms with Gasteiger partial charge in [-0.1, -0.05) is 38.5 Å². The van der Waals surface area contributed by atoms with Crippen LogP contribution in [0.3, 0.4) is 0 Å². The molecule has 0 aromatic heterocycles. The monoisotopic (exact) mass is 195 g/mol. The van der Waals surface area contributed by atoms with Crippen LogP contribution < -0.4 is 5.32 Å². The Balaban J connectivity index is 1.60. The van der Waals surface area contributed by atoms with E-state index in [9.17, 15) is 0 Å². The lowest BCUT2D eigenvalue weighted by Gasteiger charge is -2.26. The van der Waals surface area contributed by atoms with Crippen molar-refractivity contribution in [2.24, 2.45) is 11.8 Å². The summed E-state index contributed by atoms with van der Waals surface area (Å²) in [6.07, 6.45) is 13.5. The van der Waals surface area contributed by atoms with Crippen molar-refractivity contribution in [3.8, 4) is 0 Å². The Kier molecular flexibility index (Phi) is 4.30. The molecule has 0 aromatic carbocycles. The molecule has 82 valence electrons. The SMILES string of the molecule is C1CCC(CCC2CCCNC2)CC1. The fraction of sp³-hybridized carbons (Fsp3) is 1.00. The Morgan fingerprint density at radius 3 is 2.21 bits per heavy atom. The van der Waals surface area contributed by atoms with Gasteiger partial charge in [0.1, 0.15) is 0 Å². The molecule has 1 unspecified atom stereocenters. The summed E-state index contributed by atoms with van der Waals surface area (Å²) < 4.78 is 0. The topological polar surface area (TPSA) is 12.0 Å². The van der Waals surface area contributed by atoms with Crippen LogP contribution in [0.2, 0.25) is 0 Å². The van der Waals surface area contributed by atoms with Gasteiger partial charge in [0.25, 0.3) is 0 Å². The summed E-state index contributed by atoms with van der Waals surface area (Å²) in [6, 6.07) is 0. The largest absolute Gasteiger partial charge is 0.316 e. The first-order valence-electron chi connectivity index (χ1n) is 6.66. The summed E-state index contributed by atoms with van der Waals surface area (Å²) in [5, 5.41) is 3.52. The van der Waals surface area contributed by atoms with Crippen LogP contribution in [0, 0.1) is 11.8 Å². The maximum Gasteiger partial charge on any atom is -0.00205 e. The molecule has 0 aromatic rings. The van der Waals surface area contributed by atoms with Crippen LogP contribution in [0.4, 0.5) is 0 Å². The van der Waals surface area contributed by atoms with Crippen molar-refractivity contribution < 1.29 is 0 Å². The molecule has 1 aliphatic carbocycles. The Hall–Kier alpha value is -0.0400. The molecule has 2 aliphatic rings. The summed E-state index contributed by atoms with van der Waals surface area (Å²) in [5.74, 6) is 2.09. The van der Waals surface area contributed by atoms with E-state index in [1.807, 2.05) is 0 Å². The maximum atomic E-state index is 3.52. The second-order valence-corrected chi connectivity index (χ2v) is 5.29. The molecular formula is C13H25N. The summed E-state index contributed by atoms with van der Waals surface area (Å²) in [6.45, 7) is 2.56. The number of piperidine rings is 1. The predicted molar refractivity (Wildman–Crippen MR) is 61.4 cm³/mol. The molecule has 2 fully saturated rings. The van der Waals surface area contributed by atoms with E-state index >= 15 is 0 Å². The van der Waals surface area contributed by atoms with Crippen LogP contribution in [0.1, 0.15) is 57.8 Å². The van der Waals surface area contributed by atoms with E-state index < -0.39 is 0 Å². The Morgan fingerprint density at radius 1 is 0.786 bits per heavy atom. The second-order valence-electron chi connectivity index (χ2n) is 5.29. The number of rotatable bonds is 3. The molecule has 1 saturated carbocycles. The number of nitrogens with one attached hydrogen (secondary N) is 1. The molecule has 2 rings (SSSR count). The Bertz CT molecular complexity index is 125. The highest BCUT2D eigenvalue weighted by atomic mass is 14.9. The van der Waals surface area contributed by atoms with Crippen LogP contribution in [0.25, 0.3) is 0 Å². The normalized spacial score (nSPS) is 30.4. The van der Waals surface area contributed by atoms with Crippen molar-refractivity contribution >= 4 is 0 Å². The molecule has 14 heavy (non-hydrogen) atoms. The van der Waals surface area contributed by atoms with Crippen molar-refractivity contribution in [1.29, 1.82) is 0 Å². The quantitative estimate of drug-likeness (QED) is 0.728. The fourth-order valence-electron chi connectivity index (χ4n) is 3.12. The molecule has 1 heteroatoms. The minimum atomic E-state index is 1.01. The summed E-state index contributed by atoms with van der Waals surface area (Å²) in [5.41, 5.74) is 0. The van der Waals surface area contributed by atoms with Gasteiger partial charge in [-0.2, -0.15) is 0 Å². The van der Waals surface area contributed by atoms with E-state index in [0.29, 0.717) is 0 Å². The van der Waals surface area contributed by atoms with E-state index in [-0.39, 0.29) is 0 Å². The molecule has 1 heterocycles. The van der Waals surface area contributed by atoms with Gasteiger partial charge in [0, 0.05) is 0 Å². The predicted octanol–water partition coefficient (Wildman–Crippen LogP) is 3.35. The van der Waals surface area contributed by atoms with Gasteiger partial charge in [-0.15, -0.1) is 0 Å². The molecule has 0 amide bonds. The second kappa shape index (κ2) is 5.75. The lowest BCUT2D eigenvalue weighted by Crippen LogP contribution is -2.30. The average Bonchev–Trinajstić information content (AvgIpc) is 2.29. The molecule has 0 bridgehead atoms. The van der Waals surface area contributed by atoms with Gasteiger partial charge < -0.3 is 5.32 Å². The van der Waals surface area contributed by atoms with Crippen molar-refractivity contribution in [1.82, 2.24) is 5.32 Å². The third-order valence-electron chi connectivity index (χ3n) is 4.11. The van der Waals surface area contributed by atoms with Crippen molar-refractivity contribution in [2.45, 2.75) is 57.8 Å². The van der Waals surface area contributed by atoms with Crippen LogP contribution in [-0.4, -0.2) is 13.1 Å². The van der Waals surface area contributed by atoms with E-state index in [1.165, 1.54) is 70.9 Å². The molecular weight excluding hydrogens is 170 g/mol. The smallest absolute Gasteiger partial charge is 0.00205 e. The van der Waals surface area contributed by atoms with Crippen molar-refractivity contribution in [3.63, 3.8) is 0 Å². The number of hydrogen-bond donors (Lipinski definition) is 1. The van der Waals surface area contributed by atoms with Crippen molar-refractivity contribution in [3.05, 3.63) is 0 Å². The van der Waals surface area contributed by atoms with Gasteiger partial charge in [0.15, 0.2) is 0 Å².